The molecule has 0 bridgehead atoms. The number of aromatic amines is 1. The van der Waals surface area contributed by atoms with E-state index in [1.165, 1.54) is 6.08 Å². The number of carbonyl (C=O) groups is 1. The molecule has 0 amide bonds. The van der Waals surface area contributed by atoms with Crippen LogP contribution in [-0.2, 0) is 4.79 Å². The van der Waals surface area contributed by atoms with Crippen LogP contribution in [0.25, 0.3) is 17.0 Å². The number of hydrogen-bond acceptors (Lipinski definition) is 1. The summed E-state index contributed by atoms with van der Waals surface area (Å²) in [6, 6.07) is 8.01. The van der Waals surface area contributed by atoms with Crippen molar-refractivity contribution in [1.82, 2.24) is 4.98 Å². The van der Waals surface area contributed by atoms with Crippen molar-refractivity contribution in [3.05, 3.63) is 42.1 Å². The zero-order valence-electron chi connectivity index (χ0n) is 7.03. The molecule has 1 aromatic carbocycles. The molecule has 2 rings (SSSR count). The van der Waals surface area contributed by atoms with Crippen LogP contribution in [0.4, 0.5) is 0 Å². The van der Waals surface area contributed by atoms with Gasteiger partial charge < -0.3 is 4.98 Å². The van der Waals surface area contributed by atoms with Crippen molar-refractivity contribution in [2.24, 2.45) is 0 Å². The Bertz CT molecular complexity index is 454. The number of fused-ring (bicyclic) bond motifs is 1. The van der Waals surface area contributed by atoms with Crippen LogP contribution in [0.1, 0.15) is 5.56 Å². The molecule has 0 aliphatic rings. The Kier molecular flexibility index (Phi) is 1.96. The van der Waals surface area contributed by atoms with E-state index in [4.69, 9.17) is 0 Å². The number of rotatable bonds is 2. The van der Waals surface area contributed by atoms with Crippen LogP contribution in [-0.4, -0.2) is 11.3 Å². The van der Waals surface area contributed by atoms with Crippen LogP contribution < -0.4 is 0 Å². The van der Waals surface area contributed by atoms with Gasteiger partial charge in [0.25, 0.3) is 0 Å². The first-order valence-electron chi connectivity index (χ1n) is 4.09. The summed E-state index contributed by atoms with van der Waals surface area (Å²) in [5.74, 6) is 0. The summed E-state index contributed by atoms with van der Waals surface area (Å²) >= 11 is 0. The van der Waals surface area contributed by atoms with E-state index in [-0.39, 0.29) is 0 Å². The minimum absolute atomic E-state index is 0.779. The third-order valence-electron chi connectivity index (χ3n) is 1.94. The van der Waals surface area contributed by atoms with Gasteiger partial charge in [-0.2, -0.15) is 0 Å². The first-order chi connectivity index (χ1) is 6.40. The molecule has 1 heterocycles. The molecular formula is C11H9NO. The predicted octanol–water partition coefficient (Wildman–Crippen LogP) is 2.38. The number of allylic oxidation sites excluding steroid dienone is 1. The monoisotopic (exact) mass is 171 g/mol. The molecule has 2 nitrogen and oxygen atoms in total. The Labute approximate surface area is 75.9 Å². The van der Waals surface area contributed by atoms with Gasteiger partial charge in [0.1, 0.15) is 6.29 Å². The molecule has 2 aromatic rings. The Morgan fingerprint density at radius 1 is 1.23 bits per heavy atom. The van der Waals surface area contributed by atoms with Crippen molar-refractivity contribution < 1.29 is 4.79 Å². The van der Waals surface area contributed by atoms with Crippen molar-refractivity contribution >= 4 is 23.3 Å². The highest BCUT2D eigenvalue weighted by Gasteiger charge is 1.93. The van der Waals surface area contributed by atoms with Crippen LogP contribution in [0.5, 0.6) is 0 Å². The second-order valence-corrected chi connectivity index (χ2v) is 2.82. The number of carbonyl (C=O) groups excluding carboxylic acids is 1. The molecule has 1 N–H and O–H groups in total. The minimum Gasteiger partial charge on any atom is -0.361 e. The fourth-order valence-electron chi connectivity index (χ4n) is 1.33. The maximum absolute atomic E-state index is 10.1. The molecule has 2 heteroatoms. The minimum atomic E-state index is 0.779. The molecule has 0 unspecified atom stereocenters. The summed E-state index contributed by atoms with van der Waals surface area (Å²) < 4.78 is 0. The van der Waals surface area contributed by atoms with E-state index in [1.54, 1.807) is 6.08 Å². The van der Waals surface area contributed by atoms with Gasteiger partial charge in [-0.05, 0) is 35.2 Å². The summed E-state index contributed by atoms with van der Waals surface area (Å²) in [5, 5.41) is 1.16. The third-order valence-corrected chi connectivity index (χ3v) is 1.94. The molecule has 1 aromatic heterocycles. The summed E-state index contributed by atoms with van der Waals surface area (Å²) in [6.45, 7) is 0. The average molecular weight is 171 g/mol. The first kappa shape index (κ1) is 7.80. The van der Waals surface area contributed by atoms with E-state index in [1.807, 2.05) is 30.5 Å². The number of H-pyrrole nitrogens is 1. The van der Waals surface area contributed by atoms with Gasteiger partial charge in [0, 0.05) is 11.7 Å². The van der Waals surface area contributed by atoms with Gasteiger partial charge in [0.05, 0.1) is 0 Å². The summed E-state index contributed by atoms with van der Waals surface area (Å²) in [4.78, 5) is 13.2. The lowest BCUT2D eigenvalue weighted by molar-refractivity contribution is -0.104. The van der Waals surface area contributed by atoms with Crippen LogP contribution in [0.3, 0.4) is 0 Å². The van der Waals surface area contributed by atoms with E-state index in [0.29, 0.717) is 0 Å². The topological polar surface area (TPSA) is 32.9 Å². The maximum atomic E-state index is 10.1. The molecule has 0 spiro atoms. The van der Waals surface area contributed by atoms with Gasteiger partial charge in [-0.3, -0.25) is 4.79 Å². The Morgan fingerprint density at radius 2 is 2.15 bits per heavy atom. The van der Waals surface area contributed by atoms with Gasteiger partial charge in [0.15, 0.2) is 0 Å². The molecule has 0 aliphatic heterocycles. The number of aldehydes is 1. The molecule has 0 saturated heterocycles. The zero-order chi connectivity index (χ0) is 9.10. The van der Waals surface area contributed by atoms with Crippen molar-refractivity contribution in [3.8, 4) is 0 Å². The average Bonchev–Trinajstić information content (AvgIpc) is 2.61. The number of aromatic nitrogens is 1. The largest absolute Gasteiger partial charge is 0.361 e. The van der Waals surface area contributed by atoms with Crippen LogP contribution in [0.2, 0.25) is 0 Å². The lowest BCUT2D eigenvalue weighted by Gasteiger charge is -1.92. The zero-order valence-corrected chi connectivity index (χ0v) is 7.03. The van der Waals surface area contributed by atoms with Gasteiger partial charge in [-0.1, -0.05) is 12.1 Å². The van der Waals surface area contributed by atoms with E-state index >= 15 is 0 Å². The quantitative estimate of drug-likeness (QED) is 0.546. The third kappa shape index (κ3) is 1.51. The van der Waals surface area contributed by atoms with Crippen molar-refractivity contribution in [3.63, 3.8) is 0 Å². The Hall–Kier alpha value is -1.83. The second-order valence-electron chi connectivity index (χ2n) is 2.82. The van der Waals surface area contributed by atoms with Crippen LogP contribution >= 0.6 is 0 Å². The maximum Gasteiger partial charge on any atom is 0.142 e. The molecule has 0 aliphatic carbocycles. The normalized spacial score (nSPS) is 11.1. The Balaban J connectivity index is 2.47. The fraction of sp³-hybridized carbons (Fsp3) is 0. The van der Waals surface area contributed by atoms with Crippen molar-refractivity contribution in [2.75, 3.05) is 0 Å². The fourth-order valence-corrected chi connectivity index (χ4v) is 1.33. The molecule has 0 radical (unpaired) electrons. The van der Waals surface area contributed by atoms with E-state index in [0.717, 1.165) is 22.8 Å². The lowest BCUT2D eigenvalue weighted by atomic mass is 10.1. The number of hydrogen-bond donors (Lipinski definition) is 1. The van der Waals surface area contributed by atoms with Crippen LogP contribution in [0.15, 0.2) is 36.5 Å². The number of benzene rings is 1. The van der Waals surface area contributed by atoms with Gasteiger partial charge in [-0.25, -0.2) is 0 Å². The smallest absolute Gasteiger partial charge is 0.142 e. The molecule has 0 saturated carbocycles. The highest BCUT2D eigenvalue weighted by molar-refractivity contribution is 5.83. The SMILES string of the molecule is O=CC=Cc1ccc2[nH]ccc2c1. The molecule has 64 valence electrons. The predicted molar refractivity (Wildman–Crippen MR) is 53.4 cm³/mol. The standard InChI is InChI=1S/C11H9NO/c13-7-1-2-9-3-4-11-10(8-9)5-6-12-11/h1-8,12H. The molecule has 0 fully saturated rings. The summed E-state index contributed by atoms with van der Waals surface area (Å²) in [7, 11) is 0. The molecular weight excluding hydrogens is 162 g/mol. The second kappa shape index (κ2) is 3.27. The number of nitrogens with one attached hydrogen (secondary N) is 1. The van der Waals surface area contributed by atoms with Gasteiger partial charge >= 0.3 is 0 Å². The van der Waals surface area contributed by atoms with Gasteiger partial charge in [0.2, 0.25) is 0 Å². The molecule has 13 heavy (non-hydrogen) atoms. The van der Waals surface area contributed by atoms with E-state index in [9.17, 15) is 4.79 Å². The van der Waals surface area contributed by atoms with Crippen molar-refractivity contribution in [1.29, 1.82) is 0 Å². The van der Waals surface area contributed by atoms with Gasteiger partial charge in [-0.15, -0.1) is 0 Å². The van der Waals surface area contributed by atoms with Crippen LogP contribution in [0, 0.1) is 0 Å². The Morgan fingerprint density at radius 3 is 3.00 bits per heavy atom. The highest BCUT2D eigenvalue weighted by Crippen LogP contribution is 2.14. The highest BCUT2D eigenvalue weighted by atomic mass is 16.1. The van der Waals surface area contributed by atoms with Crippen molar-refractivity contribution in [2.45, 2.75) is 0 Å². The first-order valence-corrected chi connectivity index (χ1v) is 4.09. The summed E-state index contributed by atoms with van der Waals surface area (Å²) in [5.41, 5.74) is 2.16. The van der Waals surface area contributed by atoms with E-state index < -0.39 is 0 Å². The lowest BCUT2D eigenvalue weighted by Crippen LogP contribution is -1.72. The molecule has 0 atom stereocenters. The van der Waals surface area contributed by atoms with E-state index in [2.05, 4.69) is 4.98 Å². The summed E-state index contributed by atoms with van der Waals surface area (Å²) in [6.07, 6.45) is 5.96.